The van der Waals surface area contributed by atoms with Crippen LogP contribution in [0.2, 0.25) is 5.02 Å². The third-order valence-corrected chi connectivity index (χ3v) is 7.86. The maximum Gasteiger partial charge on any atom is 0.341 e. The number of esters is 1. The number of carbonyl (C=O) groups excluding carboxylic acids is 1. The van der Waals surface area contributed by atoms with Crippen molar-refractivity contribution in [2.75, 3.05) is 43.5 Å². The standard InChI is InChI=1S/C23H28ClN3O2S2/c1-29-22(28)20-18-6-4-2-3-5-7-19(18)31-21(20)25-23(30)27-14-12-26(13-15-27)17-10-8-16(24)9-11-17/h8-11H,2-7,12-15H2,1H3,(H,25,30). The highest BCUT2D eigenvalue weighted by atomic mass is 35.5. The quantitative estimate of drug-likeness (QED) is 0.474. The number of hydrogen-bond donors (Lipinski definition) is 1. The summed E-state index contributed by atoms with van der Waals surface area (Å²) in [4.78, 5) is 18.4. The number of halogens is 1. The van der Waals surface area contributed by atoms with Gasteiger partial charge < -0.3 is 19.9 Å². The number of rotatable bonds is 3. The second kappa shape index (κ2) is 10.2. The minimum Gasteiger partial charge on any atom is -0.465 e. The predicted molar refractivity (Wildman–Crippen MR) is 133 cm³/mol. The van der Waals surface area contributed by atoms with E-state index in [4.69, 9.17) is 28.6 Å². The molecule has 0 saturated carbocycles. The minimum absolute atomic E-state index is 0.268. The van der Waals surface area contributed by atoms with Crippen molar-refractivity contribution in [1.82, 2.24) is 4.90 Å². The van der Waals surface area contributed by atoms with Gasteiger partial charge in [-0.1, -0.05) is 24.4 Å². The number of piperazine rings is 1. The molecule has 4 rings (SSSR count). The zero-order valence-corrected chi connectivity index (χ0v) is 20.2. The van der Waals surface area contributed by atoms with Crippen LogP contribution in [0.3, 0.4) is 0 Å². The number of anilines is 2. The Morgan fingerprint density at radius 3 is 2.42 bits per heavy atom. The molecule has 1 aromatic heterocycles. The molecule has 0 bridgehead atoms. The zero-order valence-electron chi connectivity index (χ0n) is 17.8. The number of carbonyl (C=O) groups is 1. The molecule has 1 fully saturated rings. The molecule has 0 amide bonds. The lowest BCUT2D eigenvalue weighted by Gasteiger charge is -2.37. The monoisotopic (exact) mass is 477 g/mol. The molecule has 0 atom stereocenters. The van der Waals surface area contributed by atoms with Gasteiger partial charge in [-0.2, -0.15) is 0 Å². The Labute approximate surface area is 198 Å². The van der Waals surface area contributed by atoms with Crippen molar-refractivity contribution < 1.29 is 9.53 Å². The lowest BCUT2D eigenvalue weighted by Crippen LogP contribution is -2.50. The van der Waals surface area contributed by atoms with Gasteiger partial charge in [0, 0.05) is 41.8 Å². The van der Waals surface area contributed by atoms with Gasteiger partial charge in [0.05, 0.1) is 12.7 Å². The number of nitrogens with zero attached hydrogens (tertiary/aromatic N) is 2. The minimum atomic E-state index is -0.268. The average molecular weight is 478 g/mol. The van der Waals surface area contributed by atoms with E-state index in [0.717, 1.165) is 61.0 Å². The van der Waals surface area contributed by atoms with Gasteiger partial charge in [0.25, 0.3) is 0 Å². The summed E-state index contributed by atoms with van der Waals surface area (Å²) in [6.45, 7) is 3.42. The highest BCUT2D eigenvalue weighted by Gasteiger charge is 2.27. The average Bonchev–Trinajstić information content (AvgIpc) is 3.09. The van der Waals surface area contributed by atoms with E-state index in [0.29, 0.717) is 10.7 Å². The van der Waals surface area contributed by atoms with E-state index in [9.17, 15) is 4.79 Å². The molecule has 2 aliphatic rings. The number of fused-ring (bicyclic) bond motifs is 1. The van der Waals surface area contributed by atoms with Crippen LogP contribution in [0.4, 0.5) is 10.7 Å². The van der Waals surface area contributed by atoms with Gasteiger partial charge in [0.15, 0.2) is 5.11 Å². The SMILES string of the molecule is COC(=O)c1c(NC(=S)N2CCN(c3ccc(Cl)cc3)CC2)sc2c1CCCCCC2. The maximum atomic E-state index is 12.6. The van der Waals surface area contributed by atoms with Crippen LogP contribution in [0, 0.1) is 0 Å². The Kier molecular flexibility index (Phi) is 7.35. The van der Waals surface area contributed by atoms with Crippen LogP contribution in [-0.4, -0.2) is 49.3 Å². The molecular formula is C23H28ClN3O2S2. The fourth-order valence-electron chi connectivity index (χ4n) is 4.32. The molecule has 2 aromatic rings. The molecule has 0 unspecified atom stereocenters. The fraction of sp³-hybridized carbons (Fsp3) is 0.478. The van der Waals surface area contributed by atoms with Crippen LogP contribution in [0.25, 0.3) is 0 Å². The van der Waals surface area contributed by atoms with Crippen LogP contribution >= 0.6 is 35.2 Å². The Morgan fingerprint density at radius 2 is 1.74 bits per heavy atom. The van der Waals surface area contributed by atoms with E-state index < -0.39 is 0 Å². The van der Waals surface area contributed by atoms with Gasteiger partial charge in [-0.15, -0.1) is 11.3 Å². The van der Waals surface area contributed by atoms with Crippen molar-refractivity contribution in [1.29, 1.82) is 0 Å². The number of hydrogen-bond acceptors (Lipinski definition) is 5. The molecule has 1 aliphatic heterocycles. The first-order valence-corrected chi connectivity index (χ1v) is 12.5. The summed E-state index contributed by atoms with van der Waals surface area (Å²) in [6.07, 6.45) is 6.72. The molecule has 1 aliphatic carbocycles. The number of nitrogens with one attached hydrogen (secondary N) is 1. The second-order valence-electron chi connectivity index (χ2n) is 7.99. The number of ether oxygens (including phenoxy) is 1. The van der Waals surface area contributed by atoms with E-state index in [1.807, 2.05) is 12.1 Å². The Hall–Kier alpha value is -1.83. The summed E-state index contributed by atoms with van der Waals surface area (Å²) >= 11 is 13.4. The zero-order chi connectivity index (χ0) is 21.8. The highest BCUT2D eigenvalue weighted by molar-refractivity contribution is 7.80. The van der Waals surface area contributed by atoms with Gasteiger partial charge in [-0.05, 0) is 67.7 Å². The molecule has 1 saturated heterocycles. The lowest BCUT2D eigenvalue weighted by atomic mass is 9.96. The van der Waals surface area contributed by atoms with Crippen molar-refractivity contribution in [3.8, 4) is 0 Å². The first-order valence-electron chi connectivity index (χ1n) is 10.9. The predicted octanol–water partition coefficient (Wildman–Crippen LogP) is 5.37. The van der Waals surface area contributed by atoms with Crippen LogP contribution in [0.1, 0.15) is 46.5 Å². The van der Waals surface area contributed by atoms with Crippen molar-refractivity contribution in [2.24, 2.45) is 0 Å². The van der Waals surface area contributed by atoms with Crippen LogP contribution in [-0.2, 0) is 17.6 Å². The number of benzene rings is 1. The number of thiocarbonyl (C=S) groups is 1. The molecule has 1 aromatic carbocycles. The summed E-state index contributed by atoms with van der Waals surface area (Å²) in [7, 11) is 1.45. The normalized spacial score (nSPS) is 16.8. The van der Waals surface area contributed by atoms with E-state index >= 15 is 0 Å². The highest BCUT2D eigenvalue weighted by Crippen LogP contribution is 2.37. The number of methoxy groups -OCH3 is 1. The third kappa shape index (κ3) is 5.16. The molecular weight excluding hydrogens is 450 g/mol. The van der Waals surface area contributed by atoms with Crippen molar-refractivity contribution in [2.45, 2.75) is 38.5 Å². The topological polar surface area (TPSA) is 44.8 Å². The third-order valence-electron chi connectivity index (χ3n) is 6.04. The van der Waals surface area contributed by atoms with E-state index in [-0.39, 0.29) is 5.97 Å². The Morgan fingerprint density at radius 1 is 1.06 bits per heavy atom. The Balaban J connectivity index is 1.45. The fourth-order valence-corrected chi connectivity index (χ4v) is 6.07. The molecule has 8 heteroatoms. The Bertz CT molecular complexity index is 937. The molecule has 2 heterocycles. The van der Waals surface area contributed by atoms with Gasteiger partial charge in [-0.25, -0.2) is 4.79 Å². The van der Waals surface area contributed by atoms with Crippen LogP contribution in [0.5, 0.6) is 0 Å². The largest absolute Gasteiger partial charge is 0.465 e. The smallest absolute Gasteiger partial charge is 0.341 e. The van der Waals surface area contributed by atoms with Crippen molar-refractivity contribution in [3.63, 3.8) is 0 Å². The summed E-state index contributed by atoms with van der Waals surface area (Å²) in [5.41, 5.74) is 3.02. The second-order valence-corrected chi connectivity index (χ2v) is 9.92. The summed E-state index contributed by atoms with van der Waals surface area (Å²) in [5, 5.41) is 5.66. The molecule has 31 heavy (non-hydrogen) atoms. The molecule has 0 radical (unpaired) electrons. The van der Waals surface area contributed by atoms with Gasteiger partial charge in [0.1, 0.15) is 5.00 Å². The summed E-state index contributed by atoms with van der Waals surface area (Å²) in [6, 6.07) is 7.96. The van der Waals surface area contributed by atoms with E-state index in [1.54, 1.807) is 11.3 Å². The molecule has 0 spiro atoms. The number of aryl methyl sites for hydroxylation is 1. The van der Waals surface area contributed by atoms with Crippen molar-refractivity contribution in [3.05, 3.63) is 45.3 Å². The van der Waals surface area contributed by atoms with Gasteiger partial charge >= 0.3 is 5.97 Å². The lowest BCUT2D eigenvalue weighted by molar-refractivity contribution is 0.0601. The first kappa shape index (κ1) is 22.4. The van der Waals surface area contributed by atoms with Crippen molar-refractivity contribution >= 4 is 56.9 Å². The molecule has 166 valence electrons. The van der Waals surface area contributed by atoms with Crippen LogP contribution in [0.15, 0.2) is 24.3 Å². The molecule has 5 nitrogen and oxygen atoms in total. The van der Waals surface area contributed by atoms with E-state index in [2.05, 4.69) is 27.2 Å². The van der Waals surface area contributed by atoms with Gasteiger partial charge in [0.2, 0.25) is 0 Å². The van der Waals surface area contributed by atoms with E-state index in [1.165, 1.54) is 36.9 Å². The van der Waals surface area contributed by atoms with Gasteiger partial charge in [-0.3, -0.25) is 0 Å². The summed E-state index contributed by atoms with van der Waals surface area (Å²) in [5.74, 6) is -0.268. The molecule has 1 N–H and O–H groups in total. The van der Waals surface area contributed by atoms with Crippen LogP contribution < -0.4 is 10.2 Å². The maximum absolute atomic E-state index is 12.6. The first-order chi connectivity index (χ1) is 15.1. The number of thiophene rings is 1. The summed E-state index contributed by atoms with van der Waals surface area (Å²) < 4.78 is 5.13.